The first-order chi connectivity index (χ1) is 8.36. The second-order valence-corrected chi connectivity index (χ2v) is 5.02. The summed E-state index contributed by atoms with van der Waals surface area (Å²) in [6.45, 7) is 3.35. The summed E-state index contributed by atoms with van der Waals surface area (Å²) in [7, 11) is 0. The maximum absolute atomic E-state index is 3.65. The zero-order valence-corrected chi connectivity index (χ0v) is 10.4. The van der Waals surface area contributed by atoms with Crippen LogP contribution in [0, 0.1) is 6.92 Å². The van der Waals surface area contributed by atoms with Crippen LogP contribution in [-0.4, -0.2) is 6.54 Å². The van der Waals surface area contributed by atoms with E-state index in [0.29, 0.717) is 6.04 Å². The molecule has 2 aromatic carbocycles. The van der Waals surface area contributed by atoms with Crippen molar-refractivity contribution in [2.75, 3.05) is 6.54 Å². The first kappa shape index (κ1) is 10.8. The minimum Gasteiger partial charge on any atom is -0.310 e. The number of aryl methyl sites for hydroxylation is 1. The third-order valence-corrected chi connectivity index (χ3v) is 3.86. The van der Waals surface area contributed by atoms with Gasteiger partial charge in [0.25, 0.3) is 0 Å². The van der Waals surface area contributed by atoms with Gasteiger partial charge in [-0.25, -0.2) is 0 Å². The predicted octanol–water partition coefficient (Wildman–Crippen LogP) is 3.96. The number of hydrogen-bond donors (Lipinski definition) is 1. The van der Waals surface area contributed by atoms with E-state index in [0.717, 1.165) is 6.54 Å². The molecule has 3 rings (SSSR count). The van der Waals surface area contributed by atoms with Crippen molar-refractivity contribution in [3.63, 3.8) is 0 Å². The van der Waals surface area contributed by atoms with E-state index in [2.05, 4.69) is 48.6 Å². The van der Waals surface area contributed by atoms with Crippen LogP contribution in [0.4, 0.5) is 0 Å². The van der Waals surface area contributed by atoms with E-state index in [9.17, 15) is 0 Å². The van der Waals surface area contributed by atoms with Gasteiger partial charge < -0.3 is 5.32 Å². The van der Waals surface area contributed by atoms with E-state index in [4.69, 9.17) is 0 Å². The van der Waals surface area contributed by atoms with Gasteiger partial charge in [-0.05, 0) is 48.2 Å². The number of benzene rings is 2. The third kappa shape index (κ3) is 1.96. The minimum absolute atomic E-state index is 0.550. The van der Waals surface area contributed by atoms with E-state index < -0.39 is 0 Å². The Bertz CT molecular complexity index is 524. The second kappa shape index (κ2) is 4.50. The molecule has 1 atom stereocenters. The molecule has 2 aromatic rings. The van der Waals surface area contributed by atoms with Crippen molar-refractivity contribution in [3.8, 4) is 0 Å². The fraction of sp³-hybridized carbons (Fsp3) is 0.375. The maximum atomic E-state index is 3.65. The molecule has 1 unspecified atom stereocenters. The smallest absolute Gasteiger partial charge is 0.0326 e. The Morgan fingerprint density at radius 3 is 2.59 bits per heavy atom. The molecule has 0 amide bonds. The summed E-state index contributed by atoms with van der Waals surface area (Å²) in [5, 5.41) is 6.47. The number of nitrogens with one attached hydrogen (secondary N) is 1. The van der Waals surface area contributed by atoms with E-state index >= 15 is 0 Å². The van der Waals surface area contributed by atoms with Gasteiger partial charge in [-0.2, -0.15) is 0 Å². The summed E-state index contributed by atoms with van der Waals surface area (Å²) in [5.74, 6) is 0. The fourth-order valence-corrected chi connectivity index (χ4v) is 2.89. The lowest BCUT2D eigenvalue weighted by molar-refractivity contribution is 0.414. The zero-order chi connectivity index (χ0) is 11.7. The van der Waals surface area contributed by atoms with E-state index in [1.165, 1.54) is 41.2 Å². The van der Waals surface area contributed by atoms with Crippen LogP contribution in [0.3, 0.4) is 0 Å². The Morgan fingerprint density at radius 2 is 1.82 bits per heavy atom. The van der Waals surface area contributed by atoms with Gasteiger partial charge >= 0.3 is 0 Å². The molecular weight excluding hydrogens is 206 g/mol. The molecule has 0 radical (unpaired) electrons. The van der Waals surface area contributed by atoms with Crippen LogP contribution in [-0.2, 0) is 0 Å². The van der Waals surface area contributed by atoms with E-state index in [1.807, 2.05) is 0 Å². The van der Waals surface area contributed by atoms with E-state index in [1.54, 1.807) is 0 Å². The first-order valence-corrected chi connectivity index (χ1v) is 6.58. The molecule has 1 heterocycles. The Morgan fingerprint density at radius 1 is 1.00 bits per heavy atom. The molecule has 1 heteroatoms. The first-order valence-electron chi connectivity index (χ1n) is 6.58. The Balaban J connectivity index is 2.12. The summed E-state index contributed by atoms with van der Waals surface area (Å²) >= 11 is 0. The molecule has 1 N–H and O–H groups in total. The van der Waals surface area contributed by atoms with Crippen molar-refractivity contribution in [3.05, 3.63) is 47.5 Å². The quantitative estimate of drug-likeness (QED) is 0.774. The predicted molar refractivity (Wildman–Crippen MR) is 73.3 cm³/mol. The number of rotatable bonds is 1. The highest BCUT2D eigenvalue weighted by molar-refractivity contribution is 5.88. The molecule has 0 spiro atoms. The van der Waals surface area contributed by atoms with Gasteiger partial charge in [-0.15, -0.1) is 0 Å². The zero-order valence-electron chi connectivity index (χ0n) is 10.4. The molecule has 17 heavy (non-hydrogen) atoms. The van der Waals surface area contributed by atoms with Gasteiger partial charge in [-0.3, -0.25) is 0 Å². The molecule has 0 aromatic heterocycles. The van der Waals surface area contributed by atoms with Gasteiger partial charge in [0.1, 0.15) is 0 Å². The molecular formula is C16H19N. The van der Waals surface area contributed by atoms with Crippen molar-refractivity contribution in [2.45, 2.75) is 32.2 Å². The topological polar surface area (TPSA) is 12.0 Å². The van der Waals surface area contributed by atoms with Crippen LogP contribution in [0.25, 0.3) is 10.8 Å². The molecule has 88 valence electrons. The number of piperidine rings is 1. The lowest BCUT2D eigenvalue weighted by atomic mass is 9.91. The maximum Gasteiger partial charge on any atom is 0.0326 e. The standard InChI is InChI=1S/C16H19N/c1-12-9-10-15(16-8-4-5-11-17-16)14-7-3-2-6-13(12)14/h2-3,6-7,9-10,16-17H,4-5,8,11H2,1H3. The molecule has 1 aliphatic rings. The highest BCUT2D eigenvalue weighted by Gasteiger charge is 2.16. The summed E-state index contributed by atoms with van der Waals surface area (Å²) in [5.41, 5.74) is 2.85. The van der Waals surface area contributed by atoms with Crippen molar-refractivity contribution < 1.29 is 0 Å². The molecule has 0 bridgehead atoms. The monoisotopic (exact) mass is 225 g/mol. The third-order valence-electron chi connectivity index (χ3n) is 3.86. The summed E-state index contributed by atoms with van der Waals surface area (Å²) < 4.78 is 0. The Kier molecular flexibility index (Phi) is 2.86. The summed E-state index contributed by atoms with van der Waals surface area (Å²) in [4.78, 5) is 0. The van der Waals surface area contributed by atoms with Crippen molar-refractivity contribution >= 4 is 10.8 Å². The van der Waals surface area contributed by atoms with Gasteiger partial charge in [0.15, 0.2) is 0 Å². The fourth-order valence-electron chi connectivity index (χ4n) is 2.89. The van der Waals surface area contributed by atoms with Crippen LogP contribution in [0.15, 0.2) is 36.4 Å². The van der Waals surface area contributed by atoms with Crippen molar-refractivity contribution in [2.24, 2.45) is 0 Å². The largest absolute Gasteiger partial charge is 0.310 e. The second-order valence-electron chi connectivity index (χ2n) is 5.02. The van der Waals surface area contributed by atoms with Gasteiger partial charge in [0, 0.05) is 6.04 Å². The molecule has 1 saturated heterocycles. The highest BCUT2D eigenvalue weighted by Crippen LogP contribution is 2.30. The average molecular weight is 225 g/mol. The van der Waals surface area contributed by atoms with Crippen molar-refractivity contribution in [1.82, 2.24) is 5.32 Å². The Hall–Kier alpha value is -1.34. The van der Waals surface area contributed by atoms with E-state index in [-0.39, 0.29) is 0 Å². The lowest BCUT2D eigenvalue weighted by Gasteiger charge is -2.25. The van der Waals surface area contributed by atoms with Crippen LogP contribution in [0.2, 0.25) is 0 Å². The number of hydrogen-bond acceptors (Lipinski definition) is 1. The Labute approximate surface area is 103 Å². The summed E-state index contributed by atoms with van der Waals surface area (Å²) in [6, 6.07) is 13.9. The summed E-state index contributed by atoms with van der Waals surface area (Å²) in [6.07, 6.45) is 3.94. The van der Waals surface area contributed by atoms with Crippen LogP contribution >= 0.6 is 0 Å². The normalized spacial score (nSPS) is 20.6. The SMILES string of the molecule is Cc1ccc(C2CCCCN2)c2ccccc12. The average Bonchev–Trinajstić information content (AvgIpc) is 2.41. The van der Waals surface area contributed by atoms with Gasteiger partial charge in [-0.1, -0.05) is 42.8 Å². The molecule has 0 aliphatic carbocycles. The number of fused-ring (bicyclic) bond motifs is 1. The molecule has 1 aliphatic heterocycles. The van der Waals surface area contributed by atoms with Crippen LogP contribution < -0.4 is 5.32 Å². The minimum atomic E-state index is 0.550. The van der Waals surface area contributed by atoms with Crippen molar-refractivity contribution in [1.29, 1.82) is 0 Å². The van der Waals surface area contributed by atoms with Gasteiger partial charge in [0.2, 0.25) is 0 Å². The van der Waals surface area contributed by atoms with Gasteiger partial charge in [0.05, 0.1) is 0 Å². The molecule has 1 fully saturated rings. The molecule has 0 saturated carbocycles. The lowest BCUT2D eigenvalue weighted by Crippen LogP contribution is -2.26. The van der Waals surface area contributed by atoms with Crippen LogP contribution in [0.5, 0.6) is 0 Å². The highest BCUT2D eigenvalue weighted by atomic mass is 14.9. The van der Waals surface area contributed by atoms with Crippen LogP contribution in [0.1, 0.15) is 36.4 Å². The molecule has 1 nitrogen and oxygen atoms in total.